The van der Waals surface area contributed by atoms with Gasteiger partial charge in [0.25, 0.3) is 11.6 Å². The number of hydrogen-bond donors (Lipinski definition) is 0. The molecule has 1 aromatic heterocycles. The highest BCUT2D eigenvalue weighted by atomic mass is 32.2. The Balaban J connectivity index is 1.93. The van der Waals surface area contributed by atoms with Crippen molar-refractivity contribution in [3.63, 3.8) is 0 Å². The molecule has 1 amide bonds. The number of benzene rings is 2. The lowest BCUT2D eigenvalue weighted by Crippen LogP contribution is -2.17. The zero-order valence-electron chi connectivity index (χ0n) is 15.1. The van der Waals surface area contributed by atoms with Crippen molar-refractivity contribution in [1.29, 1.82) is 0 Å². The van der Waals surface area contributed by atoms with Gasteiger partial charge in [-0.1, -0.05) is 36.3 Å². The molecule has 0 aliphatic rings. The van der Waals surface area contributed by atoms with E-state index in [9.17, 15) is 14.9 Å². The Morgan fingerprint density at radius 3 is 2.71 bits per heavy atom. The van der Waals surface area contributed by atoms with Crippen LogP contribution in [0.15, 0.2) is 52.4 Å². The number of nitro groups is 1. The largest absolute Gasteiger partial charge is 0.305 e. The molecule has 142 valence electrons. The normalized spacial score (nSPS) is 11.5. The van der Waals surface area contributed by atoms with Crippen LogP contribution in [-0.2, 0) is 17.8 Å². The lowest BCUT2D eigenvalue weighted by molar-refractivity contribution is -0.384. The summed E-state index contributed by atoms with van der Waals surface area (Å²) in [6.45, 7) is 2.32. The van der Waals surface area contributed by atoms with Crippen LogP contribution in [0.25, 0.3) is 10.2 Å². The number of nitro benzene ring substituents is 1. The highest BCUT2D eigenvalue weighted by molar-refractivity contribution is 7.99. The first kappa shape index (κ1) is 19.9. The number of terminal acetylenes is 1. The van der Waals surface area contributed by atoms with Crippen molar-refractivity contribution in [2.45, 2.75) is 24.8 Å². The molecule has 8 heteroatoms. The first-order valence-corrected chi connectivity index (χ1v) is 10.3. The number of aromatic nitrogens is 1. The van der Waals surface area contributed by atoms with E-state index >= 15 is 0 Å². The second kappa shape index (κ2) is 8.87. The summed E-state index contributed by atoms with van der Waals surface area (Å²) in [7, 11) is 0. The molecular formula is C20H17N3O3S2. The Morgan fingerprint density at radius 1 is 1.32 bits per heavy atom. The van der Waals surface area contributed by atoms with Gasteiger partial charge in [-0.3, -0.25) is 14.9 Å². The molecule has 0 bridgehead atoms. The van der Waals surface area contributed by atoms with E-state index in [0.29, 0.717) is 9.50 Å². The van der Waals surface area contributed by atoms with E-state index in [2.05, 4.69) is 17.8 Å². The average molecular weight is 412 g/mol. The van der Waals surface area contributed by atoms with Crippen LogP contribution in [0, 0.1) is 22.5 Å². The summed E-state index contributed by atoms with van der Waals surface area (Å²) in [6.07, 6.45) is 5.63. The van der Waals surface area contributed by atoms with Crippen molar-refractivity contribution in [2.75, 3.05) is 5.75 Å². The molecule has 0 radical (unpaired) electrons. The standard InChI is InChI=1S/C20H17N3O3S2/c1-3-11-22-17-10-7-15(23(25)26)13-18(17)28-20(22)21-19(24)12-14-5-8-16(9-6-14)27-4-2/h1,5-10,13H,4,11-12H2,2H3. The van der Waals surface area contributed by atoms with Gasteiger partial charge in [0.05, 0.1) is 28.1 Å². The van der Waals surface area contributed by atoms with Crippen molar-refractivity contribution < 1.29 is 9.72 Å². The van der Waals surface area contributed by atoms with E-state index in [1.807, 2.05) is 24.3 Å². The van der Waals surface area contributed by atoms with Gasteiger partial charge >= 0.3 is 0 Å². The van der Waals surface area contributed by atoms with Gasteiger partial charge < -0.3 is 4.57 Å². The van der Waals surface area contributed by atoms with Gasteiger partial charge in [-0.2, -0.15) is 4.99 Å². The Kier molecular flexibility index (Phi) is 6.29. The van der Waals surface area contributed by atoms with E-state index in [0.717, 1.165) is 21.7 Å². The van der Waals surface area contributed by atoms with E-state index in [1.165, 1.54) is 23.5 Å². The van der Waals surface area contributed by atoms with Gasteiger partial charge in [-0.25, -0.2) is 0 Å². The number of non-ortho nitro benzene ring substituents is 1. The Labute approximate surface area is 170 Å². The molecule has 0 fully saturated rings. The number of rotatable bonds is 6. The minimum absolute atomic E-state index is 0.00970. The van der Waals surface area contributed by atoms with E-state index in [-0.39, 0.29) is 24.6 Å². The molecule has 3 aromatic rings. The lowest BCUT2D eigenvalue weighted by Gasteiger charge is -2.01. The maximum Gasteiger partial charge on any atom is 0.270 e. The Hall–Kier alpha value is -2.89. The Bertz CT molecular complexity index is 1140. The first-order chi connectivity index (χ1) is 13.5. The summed E-state index contributed by atoms with van der Waals surface area (Å²) in [6, 6.07) is 12.4. The van der Waals surface area contributed by atoms with Gasteiger partial charge in [-0.15, -0.1) is 18.2 Å². The zero-order chi connectivity index (χ0) is 20.1. The third kappa shape index (κ3) is 4.50. The van der Waals surface area contributed by atoms with Crippen LogP contribution >= 0.6 is 23.1 Å². The predicted molar refractivity (Wildman–Crippen MR) is 112 cm³/mol. The van der Waals surface area contributed by atoms with E-state index in [1.54, 1.807) is 22.4 Å². The van der Waals surface area contributed by atoms with Gasteiger partial charge in [-0.05, 0) is 29.5 Å². The summed E-state index contributed by atoms with van der Waals surface area (Å²) < 4.78 is 2.39. The summed E-state index contributed by atoms with van der Waals surface area (Å²) in [4.78, 5) is 28.8. The third-order valence-electron chi connectivity index (χ3n) is 3.94. The van der Waals surface area contributed by atoms with Crippen molar-refractivity contribution in [2.24, 2.45) is 4.99 Å². The smallest absolute Gasteiger partial charge is 0.270 e. The molecule has 0 saturated heterocycles. The zero-order valence-corrected chi connectivity index (χ0v) is 16.8. The van der Waals surface area contributed by atoms with Crippen molar-refractivity contribution in [3.05, 3.63) is 62.9 Å². The highest BCUT2D eigenvalue weighted by Crippen LogP contribution is 2.23. The fraction of sp³-hybridized carbons (Fsp3) is 0.200. The quantitative estimate of drug-likeness (QED) is 0.266. The van der Waals surface area contributed by atoms with E-state index < -0.39 is 4.92 Å². The number of carbonyl (C=O) groups excluding carboxylic acids is 1. The number of fused-ring (bicyclic) bond motifs is 1. The van der Waals surface area contributed by atoms with Gasteiger partial charge in [0.2, 0.25) is 0 Å². The maximum atomic E-state index is 12.5. The van der Waals surface area contributed by atoms with E-state index in [4.69, 9.17) is 6.42 Å². The minimum Gasteiger partial charge on any atom is -0.305 e. The number of amides is 1. The monoisotopic (exact) mass is 411 g/mol. The molecule has 1 heterocycles. The SMILES string of the molecule is C#CCn1c(=NC(=O)Cc2ccc(SCC)cc2)sc2cc([N+](=O)[O-])ccc21. The van der Waals surface area contributed by atoms with Crippen LogP contribution in [0.5, 0.6) is 0 Å². The molecule has 0 atom stereocenters. The third-order valence-corrected chi connectivity index (χ3v) is 5.87. The van der Waals surface area contributed by atoms with Gasteiger partial charge in [0.15, 0.2) is 4.80 Å². The number of thiazole rings is 1. The van der Waals surface area contributed by atoms with Crippen LogP contribution in [-0.4, -0.2) is 21.2 Å². The van der Waals surface area contributed by atoms with Gasteiger partial charge in [0.1, 0.15) is 0 Å². The summed E-state index contributed by atoms with van der Waals surface area (Å²) >= 11 is 2.96. The maximum absolute atomic E-state index is 12.5. The van der Waals surface area contributed by atoms with Crippen LogP contribution < -0.4 is 4.80 Å². The van der Waals surface area contributed by atoms with Crippen molar-refractivity contribution in [3.8, 4) is 12.3 Å². The van der Waals surface area contributed by atoms with Crippen molar-refractivity contribution >= 4 is 44.9 Å². The number of carbonyl (C=O) groups is 1. The topological polar surface area (TPSA) is 77.5 Å². The number of nitrogens with zero attached hydrogens (tertiary/aromatic N) is 3. The second-order valence-electron chi connectivity index (χ2n) is 5.84. The second-order valence-corrected chi connectivity index (χ2v) is 8.19. The minimum atomic E-state index is -0.451. The predicted octanol–water partition coefficient (Wildman–Crippen LogP) is 4.03. The first-order valence-electron chi connectivity index (χ1n) is 8.52. The van der Waals surface area contributed by atoms with Crippen LogP contribution in [0.3, 0.4) is 0 Å². The summed E-state index contributed by atoms with van der Waals surface area (Å²) in [5, 5.41) is 11.0. The summed E-state index contributed by atoms with van der Waals surface area (Å²) in [5.74, 6) is 3.25. The molecule has 0 aliphatic carbocycles. The number of thioether (sulfide) groups is 1. The molecule has 28 heavy (non-hydrogen) atoms. The molecule has 0 N–H and O–H groups in total. The lowest BCUT2D eigenvalue weighted by atomic mass is 10.1. The fourth-order valence-corrected chi connectivity index (χ4v) is 4.44. The fourth-order valence-electron chi connectivity index (χ4n) is 2.70. The molecule has 0 spiro atoms. The molecule has 0 aliphatic heterocycles. The average Bonchev–Trinajstić information content (AvgIpc) is 3.00. The van der Waals surface area contributed by atoms with Crippen molar-refractivity contribution in [1.82, 2.24) is 4.57 Å². The summed E-state index contributed by atoms with van der Waals surface area (Å²) in [5.41, 5.74) is 1.60. The van der Waals surface area contributed by atoms with Crippen LogP contribution in [0.4, 0.5) is 5.69 Å². The van der Waals surface area contributed by atoms with Gasteiger partial charge in [0, 0.05) is 17.0 Å². The highest BCUT2D eigenvalue weighted by Gasteiger charge is 2.12. The molecule has 3 rings (SSSR count). The molecule has 0 saturated carbocycles. The Morgan fingerprint density at radius 2 is 2.07 bits per heavy atom. The van der Waals surface area contributed by atoms with Crippen LogP contribution in [0.2, 0.25) is 0 Å². The molecule has 2 aromatic carbocycles. The van der Waals surface area contributed by atoms with Crippen LogP contribution in [0.1, 0.15) is 12.5 Å². The number of hydrogen-bond acceptors (Lipinski definition) is 5. The molecular weight excluding hydrogens is 394 g/mol. The molecule has 6 nitrogen and oxygen atoms in total. The molecule has 0 unspecified atom stereocenters.